The highest BCUT2D eigenvalue weighted by molar-refractivity contribution is 5.77. The summed E-state index contributed by atoms with van der Waals surface area (Å²) >= 11 is 0. The first-order valence-corrected chi connectivity index (χ1v) is 7.82. The van der Waals surface area contributed by atoms with Crippen molar-refractivity contribution in [3.8, 4) is 5.75 Å². The average molecular weight is 324 g/mol. The number of benzene rings is 2. The molecule has 0 spiro atoms. The average Bonchev–Trinajstić information content (AvgIpc) is 2.67. The molecule has 0 radical (unpaired) electrons. The zero-order valence-electron chi connectivity index (χ0n) is 13.6. The summed E-state index contributed by atoms with van der Waals surface area (Å²) in [5.41, 5.74) is 3.11. The van der Waals surface area contributed by atoms with E-state index in [4.69, 9.17) is 9.57 Å². The van der Waals surface area contributed by atoms with Crippen LogP contribution in [0, 0.1) is 0 Å². The molecule has 124 valence electrons. The second kappa shape index (κ2) is 7.66. The molecule has 0 aliphatic carbocycles. The molecular formula is C19H20N2O3. The van der Waals surface area contributed by atoms with Crippen LogP contribution in [0.3, 0.4) is 0 Å². The van der Waals surface area contributed by atoms with Gasteiger partial charge in [-0.3, -0.25) is 4.84 Å². The van der Waals surface area contributed by atoms with Crippen molar-refractivity contribution in [2.45, 2.75) is 6.54 Å². The van der Waals surface area contributed by atoms with Crippen molar-refractivity contribution >= 4 is 11.6 Å². The summed E-state index contributed by atoms with van der Waals surface area (Å²) < 4.78 is 5.26. The van der Waals surface area contributed by atoms with Gasteiger partial charge >= 0.3 is 6.03 Å². The van der Waals surface area contributed by atoms with Gasteiger partial charge in [0.25, 0.3) is 0 Å². The molecule has 5 heteroatoms. The van der Waals surface area contributed by atoms with E-state index < -0.39 is 0 Å². The van der Waals surface area contributed by atoms with Crippen LogP contribution in [0.5, 0.6) is 5.75 Å². The van der Waals surface area contributed by atoms with E-state index in [0.29, 0.717) is 19.7 Å². The molecule has 2 aromatic rings. The van der Waals surface area contributed by atoms with E-state index in [2.05, 4.69) is 5.32 Å². The van der Waals surface area contributed by atoms with Crippen molar-refractivity contribution in [2.75, 3.05) is 20.3 Å². The lowest BCUT2D eigenvalue weighted by Crippen LogP contribution is -2.42. The minimum Gasteiger partial charge on any atom is -0.497 e. The predicted octanol–water partition coefficient (Wildman–Crippen LogP) is 3.24. The third-order valence-corrected chi connectivity index (χ3v) is 3.83. The zero-order chi connectivity index (χ0) is 16.8. The Morgan fingerprint density at radius 3 is 2.83 bits per heavy atom. The first-order chi connectivity index (χ1) is 11.8. The number of hydrogen-bond donors (Lipinski definition) is 1. The minimum atomic E-state index is -0.243. The Labute approximate surface area is 141 Å². The van der Waals surface area contributed by atoms with Crippen molar-refractivity contribution < 1.29 is 14.4 Å². The number of hydrogen-bond acceptors (Lipinski definition) is 3. The van der Waals surface area contributed by atoms with E-state index in [0.717, 1.165) is 22.4 Å². The van der Waals surface area contributed by atoms with Gasteiger partial charge in [-0.05, 0) is 28.8 Å². The van der Waals surface area contributed by atoms with E-state index in [9.17, 15) is 4.79 Å². The van der Waals surface area contributed by atoms with Gasteiger partial charge in [-0.1, -0.05) is 48.5 Å². The largest absolute Gasteiger partial charge is 0.497 e. The van der Waals surface area contributed by atoms with E-state index in [1.165, 1.54) is 5.06 Å². The van der Waals surface area contributed by atoms with Crippen LogP contribution in [0.15, 0.2) is 60.7 Å². The van der Waals surface area contributed by atoms with Crippen LogP contribution in [-0.4, -0.2) is 31.4 Å². The molecule has 1 heterocycles. The lowest BCUT2D eigenvalue weighted by Gasteiger charge is -2.27. The number of rotatable bonds is 4. The predicted molar refractivity (Wildman–Crippen MR) is 92.3 cm³/mol. The Bertz CT molecular complexity index is 728. The maximum absolute atomic E-state index is 12.3. The number of hydroxylamine groups is 2. The van der Waals surface area contributed by atoms with Crippen molar-refractivity contribution in [3.63, 3.8) is 0 Å². The third kappa shape index (κ3) is 3.94. The van der Waals surface area contributed by atoms with Gasteiger partial charge in [0.2, 0.25) is 0 Å². The fraction of sp³-hybridized carbons (Fsp3) is 0.211. The van der Waals surface area contributed by atoms with Gasteiger partial charge in [0.15, 0.2) is 0 Å². The molecule has 0 bridgehead atoms. The second-order valence-electron chi connectivity index (χ2n) is 5.44. The third-order valence-electron chi connectivity index (χ3n) is 3.83. The maximum Gasteiger partial charge on any atom is 0.341 e. The SMILES string of the molecule is COc1cccc(C2=CCON(C(=O)NCc3ccccc3)C2)c1. The summed E-state index contributed by atoms with van der Waals surface area (Å²) in [6, 6.07) is 17.3. The lowest BCUT2D eigenvalue weighted by molar-refractivity contribution is -0.101. The van der Waals surface area contributed by atoms with Gasteiger partial charge in [0.1, 0.15) is 5.75 Å². The number of methoxy groups -OCH3 is 1. The number of nitrogens with zero attached hydrogens (tertiary/aromatic N) is 1. The van der Waals surface area contributed by atoms with Gasteiger partial charge in [-0.15, -0.1) is 0 Å². The Kier molecular flexibility index (Phi) is 5.13. The molecule has 1 aliphatic rings. The first kappa shape index (κ1) is 16.1. The molecule has 0 saturated carbocycles. The van der Waals surface area contributed by atoms with Crippen LogP contribution in [0.25, 0.3) is 5.57 Å². The summed E-state index contributed by atoms with van der Waals surface area (Å²) in [7, 11) is 1.64. The molecule has 2 amide bonds. The number of amides is 2. The molecule has 0 fully saturated rings. The first-order valence-electron chi connectivity index (χ1n) is 7.82. The van der Waals surface area contributed by atoms with Gasteiger partial charge < -0.3 is 10.1 Å². The van der Waals surface area contributed by atoms with Gasteiger partial charge in [0.05, 0.1) is 20.3 Å². The van der Waals surface area contributed by atoms with Crippen LogP contribution in [-0.2, 0) is 11.4 Å². The van der Waals surface area contributed by atoms with Crippen molar-refractivity contribution in [2.24, 2.45) is 0 Å². The summed E-state index contributed by atoms with van der Waals surface area (Å²) in [4.78, 5) is 17.8. The van der Waals surface area contributed by atoms with Crippen LogP contribution >= 0.6 is 0 Å². The standard InChI is InChI=1S/C19H20N2O3/c1-23-18-9-5-8-16(12-18)17-10-11-24-21(14-17)19(22)20-13-15-6-3-2-4-7-15/h2-10,12H,11,13-14H2,1H3,(H,20,22). The highest BCUT2D eigenvalue weighted by Gasteiger charge is 2.20. The topological polar surface area (TPSA) is 50.8 Å². The smallest absolute Gasteiger partial charge is 0.341 e. The number of urea groups is 1. The molecule has 1 aliphatic heterocycles. The highest BCUT2D eigenvalue weighted by atomic mass is 16.7. The molecular weight excluding hydrogens is 304 g/mol. The maximum atomic E-state index is 12.3. The Morgan fingerprint density at radius 2 is 2.04 bits per heavy atom. The van der Waals surface area contributed by atoms with E-state index in [1.54, 1.807) is 7.11 Å². The van der Waals surface area contributed by atoms with Gasteiger partial charge in [-0.25, -0.2) is 4.79 Å². The minimum absolute atomic E-state index is 0.243. The van der Waals surface area contributed by atoms with Crippen LogP contribution in [0.2, 0.25) is 0 Å². The zero-order valence-corrected chi connectivity index (χ0v) is 13.6. The van der Waals surface area contributed by atoms with Crippen molar-refractivity contribution in [1.82, 2.24) is 10.4 Å². The normalized spacial score (nSPS) is 14.0. The molecule has 0 unspecified atom stereocenters. The molecule has 1 N–H and O–H groups in total. The molecule has 0 saturated heterocycles. The van der Waals surface area contributed by atoms with E-state index >= 15 is 0 Å². The van der Waals surface area contributed by atoms with E-state index in [1.807, 2.05) is 60.7 Å². The molecule has 0 aromatic heterocycles. The molecule has 0 atom stereocenters. The van der Waals surface area contributed by atoms with Crippen LogP contribution in [0.1, 0.15) is 11.1 Å². The summed E-state index contributed by atoms with van der Waals surface area (Å²) in [5, 5.41) is 4.23. The lowest BCUT2D eigenvalue weighted by atomic mass is 10.0. The number of nitrogens with one attached hydrogen (secondary N) is 1. The molecule has 24 heavy (non-hydrogen) atoms. The fourth-order valence-electron chi connectivity index (χ4n) is 2.52. The Balaban J connectivity index is 1.62. The van der Waals surface area contributed by atoms with Crippen LogP contribution < -0.4 is 10.1 Å². The Hall–Kier alpha value is -2.79. The molecule has 5 nitrogen and oxygen atoms in total. The second-order valence-corrected chi connectivity index (χ2v) is 5.44. The number of ether oxygens (including phenoxy) is 1. The quantitative estimate of drug-likeness (QED) is 0.939. The summed E-state index contributed by atoms with van der Waals surface area (Å²) in [6.45, 7) is 1.23. The van der Waals surface area contributed by atoms with Crippen molar-refractivity contribution in [1.29, 1.82) is 0 Å². The monoisotopic (exact) mass is 324 g/mol. The number of carbonyl (C=O) groups excluding carboxylic acids is 1. The van der Waals surface area contributed by atoms with Gasteiger partial charge in [-0.2, -0.15) is 5.06 Å². The Morgan fingerprint density at radius 1 is 1.21 bits per heavy atom. The van der Waals surface area contributed by atoms with E-state index in [-0.39, 0.29) is 6.03 Å². The molecule has 3 rings (SSSR count). The molecule has 2 aromatic carbocycles. The summed E-state index contributed by atoms with van der Waals surface area (Å²) in [5.74, 6) is 0.792. The fourth-order valence-corrected chi connectivity index (χ4v) is 2.52. The summed E-state index contributed by atoms with van der Waals surface area (Å²) in [6.07, 6.45) is 1.98. The highest BCUT2D eigenvalue weighted by Crippen LogP contribution is 2.23. The van der Waals surface area contributed by atoms with Crippen LogP contribution in [0.4, 0.5) is 4.79 Å². The van der Waals surface area contributed by atoms with Gasteiger partial charge in [0, 0.05) is 6.54 Å². The number of carbonyl (C=O) groups is 1. The van der Waals surface area contributed by atoms with Crippen molar-refractivity contribution in [3.05, 3.63) is 71.8 Å².